The van der Waals surface area contributed by atoms with Gasteiger partial charge in [-0.05, 0) is 36.8 Å². The fourth-order valence-electron chi connectivity index (χ4n) is 4.56. The second kappa shape index (κ2) is 21.5. The number of nitrogen functional groups attached to an aromatic ring is 1. The van der Waals surface area contributed by atoms with E-state index in [9.17, 15) is 43.6 Å². The molecule has 0 unspecified atom stereocenters. The lowest BCUT2D eigenvalue weighted by Gasteiger charge is -2.07. The molecule has 45 heavy (non-hydrogen) atoms. The molecule has 0 heterocycles. The summed E-state index contributed by atoms with van der Waals surface area (Å²) in [6, 6.07) is 8.51. The van der Waals surface area contributed by atoms with Crippen molar-refractivity contribution < 1.29 is 28.0 Å². The molecule has 0 radical (unpaired) electrons. The van der Waals surface area contributed by atoms with Gasteiger partial charge in [-0.3, -0.25) is 35.1 Å². The van der Waals surface area contributed by atoms with Crippen LogP contribution in [-0.4, -0.2) is 29.1 Å². The summed E-state index contributed by atoms with van der Waals surface area (Å²) in [5.41, 5.74) is 3.15. The van der Waals surface area contributed by atoms with E-state index in [1.54, 1.807) is 0 Å². The first-order chi connectivity index (χ1) is 21.4. The third-order valence-electron chi connectivity index (χ3n) is 7.02. The number of anilines is 1. The van der Waals surface area contributed by atoms with Crippen LogP contribution in [0.25, 0.3) is 0 Å². The first-order valence-corrected chi connectivity index (χ1v) is 16.9. The molecule has 0 saturated carbocycles. The lowest BCUT2D eigenvalue weighted by molar-refractivity contribution is -0.441. The van der Waals surface area contributed by atoms with E-state index in [-0.39, 0.29) is 11.3 Å². The number of nitro benzene ring substituents is 3. The number of nitrogens with zero attached hydrogens (tertiary/aromatic N) is 3. The van der Waals surface area contributed by atoms with E-state index in [1.165, 1.54) is 101 Å². The zero-order valence-electron chi connectivity index (χ0n) is 25.9. The number of carbonyl (C=O) groups excluding carboxylic acids is 1. The van der Waals surface area contributed by atoms with E-state index in [2.05, 4.69) is 11.6 Å². The van der Waals surface area contributed by atoms with Crippen LogP contribution < -0.4 is 10.5 Å². The maximum Gasteiger partial charge on any atom is 0.422 e. The zero-order chi connectivity index (χ0) is 33.7. The monoisotopic (exact) mass is 651 g/mol. The van der Waals surface area contributed by atoms with Crippen LogP contribution in [0.2, 0.25) is 0 Å². The molecular formula is C30H45N5O9S. The van der Waals surface area contributed by atoms with Crippen LogP contribution in [0.5, 0.6) is 0 Å². The standard InChI is InChI=1S/C24H42N2O3S.C6H3N3O6/c1-2-3-4-5-6-7-8-9-10-11-12-13-14-15-16-17-24(27)26-30(28,29)23-20-18-22(25)19-21-23;10-7(11)4-2-1-3-5(8(12)13)6(4)9(14)15/h18-21H,2-17,25H2,1H3,(H,26,27);1-3H. The number of nitrogens with two attached hydrogens (primary N) is 1. The summed E-state index contributed by atoms with van der Waals surface area (Å²) >= 11 is 0. The van der Waals surface area contributed by atoms with Crippen molar-refractivity contribution in [2.24, 2.45) is 0 Å². The molecule has 1 amide bonds. The lowest BCUT2D eigenvalue weighted by atomic mass is 10.0. The molecule has 0 saturated heterocycles. The van der Waals surface area contributed by atoms with Crippen LogP contribution in [0.3, 0.4) is 0 Å². The zero-order valence-corrected chi connectivity index (χ0v) is 26.7. The van der Waals surface area contributed by atoms with Gasteiger partial charge in [0, 0.05) is 24.2 Å². The van der Waals surface area contributed by atoms with Gasteiger partial charge in [-0.25, -0.2) is 13.1 Å². The summed E-state index contributed by atoms with van der Waals surface area (Å²) in [7, 11) is -3.80. The number of hydrogen-bond acceptors (Lipinski definition) is 10. The van der Waals surface area contributed by atoms with Gasteiger partial charge in [-0.1, -0.05) is 96.8 Å². The minimum absolute atomic E-state index is 0.0570. The van der Waals surface area contributed by atoms with Gasteiger partial charge in [-0.15, -0.1) is 0 Å². The van der Waals surface area contributed by atoms with Crippen LogP contribution in [0.4, 0.5) is 22.7 Å². The molecule has 2 aromatic rings. The molecule has 0 spiro atoms. The van der Waals surface area contributed by atoms with Crippen LogP contribution in [0.15, 0.2) is 47.4 Å². The molecule has 0 aliphatic rings. The van der Waals surface area contributed by atoms with Gasteiger partial charge in [0.1, 0.15) is 0 Å². The van der Waals surface area contributed by atoms with Crippen LogP contribution in [-0.2, 0) is 14.8 Å². The molecule has 15 heteroatoms. The third kappa shape index (κ3) is 15.9. The van der Waals surface area contributed by atoms with E-state index in [4.69, 9.17) is 5.73 Å². The van der Waals surface area contributed by atoms with Crippen molar-refractivity contribution >= 4 is 38.7 Å². The second-order valence-electron chi connectivity index (χ2n) is 10.7. The number of amides is 1. The van der Waals surface area contributed by atoms with Crippen molar-refractivity contribution in [1.82, 2.24) is 4.72 Å². The number of rotatable bonds is 21. The molecule has 2 aromatic carbocycles. The number of hydrogen-bond donors (Lipinski definition) is 2. The lowest BCUT2D eigenvalue weighted by Crippen LogP contribution is -2.30. The second-order valence-corrected chi connectivity index (χ2v) is 12.4. The Hall–Kier alpha value is -4.14. The Labute approximate surface area is 264 Å². The predicted octanol–water partition coefficient (Wildman–Crippen LogP) is 7.75. The van der Waals surface area contributed by atoms with Crippen molar-refractivity contribution in [2.75, 3.05) is 5.73 Å². The molecule has 0 aliphatic heterocycles. The van der Waals surface area contributed by atoms with Gasteiger partial charge in [-0.2, -0.15) is 0 Å². The quantitative estimate of drug-likeness (QED) is 0.0578. The minimum Gasteiger partial charge on any atom is -0.399 e. The van der Waals surface area contributed by atoms with Crippen LogP contribution in [0.1, 0.15) is 110 Å². The number of nitro groups is 3. The van der Waals surface area contributed by atoms with Gasteiger partial charge < -0.3 is 5.73 Å². The molecule has 250 valence electrons. The molecule has 14 nitrogen and oxygen atoms in total. The summed E-state index contributed by atoms with van der Waals surface area (Å²) in [6.45, 7) is 2.26. The number of para-hydroxylation sites is 1. The van der Waals surface area contributed by atoms with Crippen molar-refractivity contribution in [3.05, 3.63) is 72.8 Å². The Morgan fingerprint density at radius 1 is 0.667 bits per heavy atom. The number of benzene rings is 2. The van der Waals surface area contributed by atoms with Gasteiger partial charge in [0.2, 0.25) is 5.91 Å². The van der Waals surface area contributed by atoms with E-state index in [0.717, 1.165) is 37.5 Å². The minimum atomic E-state index is -3.80. The maximum atomic E-state index is 12.1. The fraction of sp³-hybridized carbons (Fsp3) is 0.567. The van der Waals surface area contributed by atoms with Crippen LogP contribution >= 0.6 is 0 Å². The summed E-state index contributed by atoms with van der Waals surface area (Å²) in [5.74, 6) is -0.443. The Bertz CT molecular complexity index is 1300. The van der Waals surface area contributed by atoms with Crippen molar-refractivity contribution in [3.63, 3.8) is 0 Å². The fourth-order valence-corrected chi connectivity index (χ4v) is 5.58. The van der Waals surface area contributed by atoms with Gasteiger partial charge in [0.15, 0.2) is 0 Å². The Balaban J connectivity index is 0.000000562. The topological polar surface area (TPSA) is 219 Å². The summed E-state index contributed by atoms with van der Waals surface area (Å²) < 4.78 is 26.4. The SMILES string of the molecule is CCCCCCCCCCCCCCCCCC(=O)NS(=O)(=O)c1ccc(N)cc1.O=[N+]([O-])c1cccc([N+](=O)[O-])c1[N+](=O)[O-]. The van der Waals surface area contributed by atoms with Gasteiger partial charge in [0.25, 0.3) is 10.0 Å². The number of unbranched alkanes of at least 4 members (excludes halogenated alkanes) is 14. The maximum absolute atomic E-state index is 12.1. The highest BCUT2D eigenvalue weighted by molar-refractivity contribution is 7.90. The molecule has 0 atom stereocenters. The van der Waals surface area contributed by atoms with E-state index in [1.807, 2.05) is 0 Å². The van der Waals surface area contributed by atoms with E-state index < -0.39 is 47.8 Å². The summed E-state index contributed by atoms with van der Waals surface area (Å²) in [5, 5.41) is 31.2. The third-order valence-corrected chi connectivity index (χ3v) is 8.40. The average molecular weight is 652 g/mol. The highest BCUT2D eigenvalue weighted by atomic mass is 32.2. The summed E-state index contributed by atoms with van der Waals surface area (Å²) in [6.07, 6.45) is 19.2. The van der Waals surface area contributed by atoms with Crippen LogP contribution in [0, 0.1) is 30.3 Å². The first kappa shape index (κ1) is 38.9. The first-order valence-electron chi connectivity index (χ1n) is 15.4. The van der Waals surface area contributed by atoms with Gasteiger partial charge in [0.05, 0.1) is 19.7 Å². The molecule has 0 fully saturated rings. The molecule has 3 N–H and O–H groups in total. The van der Waals surface area contributed by atoms with Crippen molar-refractivity contribution in [1.29, 1.82) is 0 Å². The van der Waals surface area contributed by atoms with Gasteiger partial charge >= 0.3 is 17.1 Å². The molecule has 0 bridgehead atoms. The normalized spacial score (nSPS) is 10.9. The average Bonchev–Trinajstić information content (AvgIpc) is 2.98. The predicted molar refractivity (Wildman–Crippen MR) is 172 cm³/mol. The summed E-state index contributed by atoms with van der Waals surface area (Å²) in [4.78, 5) is 40.0. The largest absolute Gasteiger partial charge is 0.422 e. The van der Waals surface area contributed by atoms with Crippen molar-refractivity contribution in [3.8, 4) is 0 Å². The Morgan fingerprint density at radius 3 is 1.44 bits per heavy atom. The molecule has 0 aromatic heterocycles. The number of sulfonamides is 1. The molecular weight excluding hydrogens is 606 g/mol. The highest BCUT2D eigenvalue weighted by Gasteiger charge is 2.34. The highest BCUT2D eigenvalue weighted by Crippen LogP contribution is 2.35. The molecule has 0 aliphatic carbocycles. The Kier molecular flexibility index (Phi) is 18.6. The Morgan fingerprint density at radius 2 is 1.07 bits per heavy atom. The van der Waals surface area contributed by atoms with E-state index >= 15 is 0 Å². The molecule has 2 rings (SSSR count). The number of carbonyl (C=O) groups is 1. The smallest absolute Gasteiger partial charge is 0.399 e. The number of nitrogens with one attached hydrogen (secondary N) is 1. The van der Waals surface area contributed by atoms with E-state index in [0.29, 0.717) is 5.69 Å². The van der Waals surface area contributed by atoms with Crippen molar-refractivity contribution in [2.45, 2.75) is 115 Å².